The SMILES string of the molecule is C=CCOC(C)C(=O)OCC(=O)NCCC(c1ccccc1)c1ccccc1. The molecule has 0 aromatic heterocycles. The highest BCUT2D eigenvalue weighted by Crippen LogP contribution is 2.27. The number of amides is 1. The van der Waals surface area contributed by atoms with Gasteiger partial charge in [0.05, 0.1) is 6.61 Å². The van der Waals surface area contributed by atoms with Gasteiger partial charge in [0.15, 0.2) is 12.7 Å². The van der Waals surface area contributed by atoms with Crippen molar-refractivity contribution >= 4 is 11.9 Å². The van der Waals surface area contributed by atoms with E-state index in [1.165, 1.54) is 11.1 Å². The molecule has 1 atom stereocenters. The quantitative estimate of drug-likeness (QED) is 0.478. The third-order valence-electron chi connectivity index (χ3n) is 4.30. The van der Waals surface area contributed by atoms with Crippen LogP contribution in [0.5, 0.6) is 0 Å². The van der Waals surface area contributed by atoms with E-state index in [2.05, 4.69) is 36.2 Å². The van der Waals surface area contributed by atoms with Crippen LogP contribution in [0, 0.1) is 0 Å². The summed E-state index contributed by atoms with van der Waals surface area (Å²) >= 11 is 0. The molecule has 2 aromatic rings. The topological polar surface area (TPSA) is 64.6 Å². The fourth-order valence-corrected chi connectivity index (χ4v) is 2.84. The Balaban J connectivity index is 1.83. The number of benzene rings is 2. The molecule has 0 aliphatic rings. The Morgan fingerprint density at radius 2 is 1.61 bits per heavy atom. The molecule has 0 saturated heterocycles. The monoisotopic (exact) mass is 381 g/mol. The van der Waals surface area contributed by atoms with E-state index in [-0.39, 0.29) is 25.0 Å². The first-order valence-corrected chi connectivity index (χ1v) is 9.37. The van der Waals surface area contributed by atoms with Crippen molar-refractivity contribution < 1.29 is 19.1 Å². The van der Waals surface area contributed by atoms with Crippen LogP contribution in [0.15, 0.2) is 73.3 Å². The van der Waals surface area contributed by atoms with Gasteiger partial charge in [-0.3, -0.25) is 4.79 Å². The summed E-state index contributed by atoms with van der Waals surface area (Å²) in [4.78, 5) is 23.7. The maximum Gasteiger partial charge on any atom is 0.335 e. The molecule has 0 saturated carbocycles. The molecule has 0 spiro atoms. The molecule has 28 heavy (non-hydrogen) atoms. The smallest absolute Gasteiger partial charge is 0.335 e. The molecule has 0 bridgehead atoms. The zero-order valence-corrected chi connectivity index (χ0v) is 16.2. The normalized spacial score (nSPS) is 11.6. The first kappa shape index (κ1) is 21.4. The summed E-state index contributed by atoms with van der Waals surface area (Å²) in [5.74, 6) is -0.717. The van der Waals surface area contributed by atoms with Crippen molar-refractivity contribution in [2.45, 2.75) is 25.4 Å². The van der Waals surface area contributed by atoms with E-state index in [0.29, 0.717) is 6.54 Å². The summed E-state index contributed by atoms with van der Waals surface area (Å²) in [6, 6.07) is 20.4. The van der Waals surface area contributed by atoms with Gasteiger partial charge >= 0.3 is 5.97 Å². The minimum atomic E-state index is -0.730. The Bertz CT molecular complexity index is 706. The first-order valence-electron chi connectivity index (χ1n) is 9.37. The second-order valence-corrected chi connectivity index (χ2v) is 6.38. The molecule has 1 unspecified atom stereocenters. The summed E-state index contributed by atoms with van der Waals surface area (Å²) < 4.78 is 10.2. The second kappa shape index (κ2) is 11.7. The largest absolute Gasteiger partial charge is 0.454 e. The maximum atomic E-state index is 12.0. The van der Waals surface area contributed by atoms with Crippen LogP contribution in [0.3, 0.4) is 0 Å². The second-order valence-electron chi connectivity index (χ2n) is 6.38. The molecule has 1 amide bonds. The number of ether oxygens (including phenoxy) is 2. The molecule has 5 heteroatoms. The lowest BCUT2D eigenvalue weighted by Crippen LogP contribution is -2.33. The summed E-state index contributed by atoms with van der Waals surface area (Å²) in [5, 5.41) is 2.82. The molecule has 0 radical (unpaired) electrons. The van der Waals surface area contributed by atoms with Crippen molar-refractivity contribution in [3.63, 3.8) is 0 Å². The number of nitrogens with one attached hydrogen (secondary N) is 1. The van der Waals surface area contributed by atoms with E-state index in [4.69, 9.17) is 9.47 Å². The van der Waals surface area contributed by atoms with E-state index < -0.39 is 12.1 Å². The van der Waals surface area contributed by atoms with Crippen molar-refractivity contribution in [3.05, 3.63) is 84.4 Å². The third-order valence-corrected chi connectivity index (χ3v) is 4.30. The van der Waals surface area contributed by atoms with Crippen molar-refractivity contribution in [2.24, 2.45) is 0 Å². The Morgan fingerprint density at radius 3 is 2.14 bits per heavy atom. The maximum absolute atomic E-state index is 12.0. The molecule has 148 valence electrons. The zero-order valence-electron chi connectivity index (χ0n) is 16.2. The van der Waals surface area contributed by atoms with Crippen molar-refractivity contribution in [2.75, 3.05) is 19.8 Å². The van der Waals surface area contributed by atoms with Crippen molar-refractivity contribution in [1.82, 2.24) is 5.32 Å². The van der Waals surface area contributed by atoms with Gasteiger partial charge in [0.25, 0.3) is 5.91 Å². The number of rotatable bonds is 11. The molecule has 0 aliphatic heterocycles. The van der Waals surface area contributed by atoms with E-state index in [9.17, 15) is 9.59 Å². The highest BCUT2D eigenvalue weighted by molar-refractivity contribution is 5.81. The van der Waals surface area contributed by atoms with Crippen LogP contribution in [0.4, 0.5) is 0 Å². The minimum absolute atomic E-state index is 0.178. The highest BCUT2D eigenvalue weighted by Gasteiger charge is 2.17. The van der Waals surface area contributed by atoms with E-state index in [1.54, 1.807) is 13.0 Å². The number of carbonyl (C=O) groups excluding carboxylic acids is 2. The molecule has 2 aromatic carbocycles. The Kier molecular flexibility index (Phi) is 8.95. The Morgan fingerprint density at radius 1 is 1.04 bits per heavy atom. The fourth-order valence-electron chi connectivity index (χ4n) is 2.84. The molecular weight excluding hydrogens is 354 g/mol. The van der Waals surface area contributed by atoms with Crippen LogP contribution >= 0.6 is 0 Å². The van der Waals surface area contributed by atoms with Gasteiger partial charge in [-0.15, -0.1) is 6.58 Å². The molecule has 0 heterocycles. The van der Waals surface area contributed by atoms with Crippen LogP contribution < -0.4 is 5.32 Å². The Hall–Kier alpha value is -2.92. The van der Waals surface area contributed by atoms with Gasteiger partial charge in [0, 0.05) is 12.5 Å². The first-order chi connectivity index (χ1) is 13.6. The van der Waals surface area contributed by atoms with Gasteiger partial charge in [-0.05, 0) is 24.5 Å². The van der Waals surface area contributed by atoms with Crippen molar-refractivity contribution in [3.8, 4) is 0 Å². The summed E-state index contributed by atoms with van der Waals surface area (Å²) in [6.45, 7) is 5.51. The predicted octanol–water partition coefficient (Wildman–Crippen LogP) is 3.46. The van der Waals surface area contributed by atoms with E-state index in [0.717, 1.165) is 6.42 Å². The number of hydrogen-bond acceptors (Lipinski definition) is 4. The van der Waals surface area contributed by atoms with Crippen LogP contribution in [0.2, 0.25) is 0 Å². The molecule has 1 N–H and O–H groups in total. The summed E-state index contributed by atoms with van der Waals surface area (Å²) in [7, 11) is 0. The molecular formula is C23H27NO4. The van der Waals surface area contributed by atoms with Gasteiger partial charge in [-0.25, -0.2) is 4.79 Å². The predicted molar refractivity (Wildman–Crippen MR) is 109 cm³/mol. The summed E-state index contributed by atoms with van der Waals surface area (Å²) in [6.07, 6.45) is 1.56. The standard InChI is InChI=1S/C23H27NO4/c1-3-16-27-18(2)23(26)28-17-22(25)24-15-14-21(19-10-6-4-7-11-19)20-12-8-5-9-13-20/h3-13,18,21H,1,14-17H2,2H3,(H,24,25). The lowest BCUT2D eigenvalue weighted by molar-refractivity contribution is -0.158. The fraction of sp³-hybridized carbons (Fsp3) is 0.304. The van der Waals surface area contributed by atoms with Gasteiger partial charge in [0.2, 0.25) is 0 Å². The summed E-state index contributed by atoms with van der Waals surface area (Å²) in [5.41, 5.74) is 2.39. The van der Waals surface area contributed by atoms with Crippen LogP contribution in [0.25, 0.3) is 0 Å². The lowest BCUT2D eigenvalue weighted by Gasteiger charge is -2.18. The molecule has 0 aliphatic carbocycles. The van der Waals surface area contributed by atoms with Crippen LogP contribution in [0.1, 0.15) is 30.4 Å². The average Bonchev–Trinajstić information content (AvgIpc) is 2.74. The number of hydrogen-bond donors (Lipinski definition) is 1. The van der Waals surface area contributed by atoms with Crippen molar-refractivity contribution in [1.29, 1.82) is 0 Å². The van der Waals surface area contributed by atoms with E-state index >= 15 is 0 Å². The average molecular weight is 381 g/mol. The van der Waals surface area contributed by atoms with Gasteiger partial charge < -0.3 is 14.8 Å². The van der Waals surface area contributed by atoms with Gasteiger partial charge in [-0.1, -0.05) is 66.7 Å². The highest BCUT2D eigenvalue weighted by atomic mass is 16.6. The molecule has 2 rings (SSSR count). The lowest BCUT2D eigenvalue weighted by atomic mass is 9.88. The van der Waals surface area contributed by atoms with Gasteiger partial charge in [-0.2, -0.15) is 0 Å². The van der Waals surface area contributed by atoms with Gasteiger partial charge in [0.1, 0.15) is 0 Å². The minimum Gasteiger partial charge on any atom is -0.454 e. The Labute approximate surface area is 166 Å². The molecule has 5 nitrogen and oxygen atoms in total. The van der Waals surface area contributed by atoms with Crippen LogP contribution in [-0.2, 0) is 19.1 Å². The zero-order chi connectivity index (χ0) is 20.2. The van der Waals surface area contributed by atoms with E-state index in [1.807, 2.05) is 36.4 Å². The molecule has 0 fully saturated rings. The third kappa shape index (κ3) is 7.00. The number of carbonyl (C=O) groups is 2. The van der Waals surface area contributed by atoms with Crippen LogP contribution in [-0.4, -0.2) is 37.7 Å². The number of esters is 1.